The first-order chi connectivity index (χ1) is 18.6. The first-order valence-electron chi connectivity index (χ1n) is 13.9. The molecule has 0 saturated carbocycles. The summed E-state index contributed by atoms with van der Waals surface area (Å²) in [6.45, 7) is 5.20. The minimum absolute atomic E-state index is 0.0147. The second kappa shape index (κ2) is 10.6. The number of piperidine rings is 1. The van der Waals surface area contributed by atoms with Gasteiger partial charge in [-0.25, -0.2) is 15.0 Å². The number of aryl methyl sites for hydroxylation is 1. The van der Waals surface area contributed by atoms with Crippen LogP contribution in [-0.4, -0.2) is 72.2 Å². The standard InChI is InChI=1S/C28H37N7O3/c1-2-3-11-34-18-29-21-15-20(7-8-22(21)34)24-25-26(35(19-30-25)23-6-4-5-14-38-23)32-27(31-24)33-12-9-28(16-36,17-37)10-13-33/h7-8,15,18-19,23,36-37H,2-6,9-14,16-17H2,1H3. The molecule has 6 rings (SSSR count). The van der Waals surface area contributed by atoms with E-state index in [1.165, 1.54) is 0 Å². The molecule has 0 bridgehead atoms. The fourth-order valence-corrected chi connectivity index (χ4v) is 5.67. The molecule has 2 saturated heterocycles. The van der Waals surface area contributed by atoms with Gasteiger partial charge in [0.2, 0.25) is 5.95 Å². The van der Waals surface area contributed by atoms with Crippen molar-refractivity contribution in [2.24, 2.45) is 5.41 Å². The normalized spacial score (nSPS) is 20.0. The predicted molar refractivity (Wildman–Crippen MR) is 146 cm³/mol. The number of hydrogen-bond acceptors (Lipinski definition) is 8. The van der Waals surface area contributed by atoms with Crippen molar-refractivity contribution in [2.45, 2.75) is 64.6 Å². The summed E-state index contributed by atoms with van der Waals surface area (Å²) in [7, 11) is 0. The van der Waals surface area contributed by atoms with Crippen LogP contribution in [0.5, 0.6) is 0 Å². The Hall–Kier alpha value is -3.08. The second-order valence-corrected chi connectivity index (χ2v) is 10.8. The molecule has 4 aromatic rings. The molecule has 2 aliphatic heterocycles. The van der Waals surface area contributed by atoms with Crippen LogP contribution in [0.4, 0.5) is 5.95 Å². The third-order valence-electron chi connectivity index (χ3n) is 8.30. The van der Waals surface area contributed by atoms with Gasteiger partial charge in [-0.1, -0.05) is 19.4 Å². The zero-order chi connectivity index (χ0) is 26.1. The van der Waals surface area contributed by atoms with E-state index in [1.54, 1.807) is 0 Å². The van der Waals surface area contributed by atoms with Crippen molar-refractivity contribution in [1.29, 1.82) is 0 Å². The lowest BCUT2D eigenvalue weighted by molar-refractivity contribution is -0.0298. The molecule has 0 aliphatic carbocycles. The Morgan fingerprint density at radius 1 is 1.05 bits per heavy atom. The average molecular weight is 520 g/mol. The number of aliphatic hydroxyl groups excluding tert-OH is 2. The van der Waals surface area contributed by atoms with Crippen LogP contribution in [0.3, 0.4) is 0 Å². The molecular formula is C28H37N7O3. The second-order valence-electron chi connectivity index (χ2n) is 10.8. The van der Waals surface area contributed by atoms with E-state index in [0.29, 0.717) is 31.9 Å². The number of aliphatic hydroxyl groups is 2. The van der Waals surface area contributed by atoms with Gasteiger partial charge in [0.25, 0.3) is 0 Å². The number of anilines is 1. The van der Waals surface area contributed by atoms with Crippen LogP contribution >= 0.6 is 0 Å². The van der Waals surface area contributed by atoms with E-state index >= 15 is 0 Å². The van der Waals surface area contributed by atoms with Gasteiger partial charge in [-0.2, -0.15) is 4.98 Å². The van der Waals surface area contributed by atoms with Gasteiger partial charge in [0, 0.05) is 37.2 Å². The summed E-state index contributed by atoms with van der Waals surface area (Å²) in [4.78, 5) is 21.7. The number of hydrogen-bond donors (Lipinski definition) is 2. The van der Waals surface area contributed by atoms with Gasteiger partial charge in [-0.05, 0) is 50.7 Å². The Morgan fingerprint density at radius 3 is 2.63 bits per heavy atom. The largest absolute Gasteiger partial charge is 0.396 e. The molecule has 38 heavy (non-hydrogen) atoms. The van der Waals surface area contributed by atoms with Crippen molar-refractivity contribution in [3.63, 3.8) is 0 Å². The summed E-state index contributed by atoms with van der Waals surface area (Å²) >= 11 is 0. The average Bonchev–Trinajstić information content (AvgIpc) is 3.60. The van der Waals surface area contributed by atoms with Gasteiger partial charge in [-0.15, -0.1) is 0 Å². The highest BCUT2D eigenvalue weighted by molar-refractivity contribution is 5.91. The van der Waals surface area contributed by atoms with Crippen LogP contribution < -0.4 is 4.90 Å². The SMILES string of the molecule is CCCCn1cnc2cc(-c3nc(N4CCC(CO)(CO)CC4)nc4c3ncn4C3CCCCO3)ccc21. The summed E-state index contributed by atoms with van der Waals surface area (Å²) in [5, 5.41) is 19.8. The Morgan fingerprint density at radius 2 is 1.89 bits per heavy atom. The number of nitrogens with zero attached hydrogens (tertiary/aromatic N) is 7. The lowest BCUT2D eigenvalue weighted by atomic mass is 9.80. The van der Waals surface area contributed by atoms with Crippen LogP contribution in [0.25, 0.3) is 33.5 Å². The molecule has 0 spiro atoms. The van der Waals surface area contributed by atoms with E-state index in [1.807, 2.05) is 12.7 Å². The molecule has 2 aliphatic rings. The zero-order valence-electron chi connectivity index (χ0n) is 22.1. The van der Waals surface area contributed by atoms with Crippen LogP contribution in [0.2, 0.25) is 0 Å². The number of benzene rings is 1. The van der Waals surface area contributed by atoms with Crippen molar-refractivity contribution in [3.05, 3.63) is 30.9 Å². The first-order valence-corrected chi connectivity index (χ1v) is 13.9. The number of ether oxygens (including phenoxy) is 1. The molecule has 5 heterocycles. The predicted octanol–water partition coefficient (Wildman–Crippen LogP) is 3.91. The molecule has 1 atom stereocenters. The summed E-state index contributed by atoms with van der Waals surface area (Å²) in [5.74, 6) is 0.642. The molecule has 202 valence electrons. The maximum atomic E-state index is 9.88. The van der Waals surface area contributed by atoms with E-state index in [2.05, 4.69) is 44.1 Å². The van der Waals surface area contributed by atoms with Gasteiger partial charge in [-0.3, -0.25) is 4.57 Å². The first kappa shape index (κ1) is 25.2. The molecule has 3 aromatic heterocycles. The van der Waals surface area contributed by atoms with E-state index in [4.69, 9.17) is 19.7 Å². The number of unbranched alkanes of at least 4 members (excludes halogenated alkanes) is 1. The number of aromatic nitrogens is 6. The monoisotopic (exact) mass is 519 g/mol. The molecule has 2 fully saturated rings. The summed E-state index contributed by atoms with van der Waals surface area (Å²) in [6.07, 6.45) is 10.4. The fraction of sp³-hybridized carbons (Fsp3) is 0.571. The highest BCUT2D eigenvalue weighted by atomic mass is 16.5. The molecule has 10 nitrogen and oxygen atoms in total. The van der Waals surface area contributed by atoms with Gasteiger partial charge in [0.05, 0.1) is 36.9 Å². The summed E-state index contributed by atoms with van der Waals surface area (Å²) in [5.41, 5.74) is 4.88. The molecule has 0 amide bonds. The van der Waals surface area contributed by atoms with Gasteiger partial charge in [0.15, 0.2) is 5.65 Å². The molecule has 2 N–H and O–H groups in total. The Kier molecular flexibility index (Phi) is 7.03. The smallest absolute Gasteiger partial charge is 0.228 e. The highest BCUT2D eigenvalue weighted by Gasteiger charge is 2.35. The van der Waals surface area contributed by atoms with E-state index in [-0.39, 0.29) is 19.4 Å². The minimum atomic E-state index is -0.442. The van der Waals surface area contributed by atoms with Crippen LogP contribution in [-0.2, 0) is 11.3 Å². The van der Waals surface area contributed by atoms with Crippen molar-refractivity contribution < 1.29 is 14.9 Å². The lowest BCUT2D eigenvalue weighted by Crippen LogP contribution is -2.44. The van der Waals surface area contributed by atoms with Crippen molar-refractivity contribution >= 4 is 28.1 Å². The maximum absolute atomic E-state index is 9.88. The van der Waals surface area contributed by atoms with Gasteiger partial charge in [0.1, 0.15) is 17.4 Å². The quantitative estimate of drug-likeness (QED) is 0.360. The van der Waals surface area contributed by atoms with Crippen molar-refractivity contribution in [3.8, 4) is 11.3 Å². The Bertz CT molecular complexity index is 1390. The van der Waals surface area contributed by atoms with Gasteiger partial charge < -0.3 is 24.4 Å². The van der Waals surface area contributed by atoms with Gasteiger partial charge >= 0.3 is 0 Å². The van der Waals surface area contributed by atoms with Crippen LogP contribution in [0, 0.1) is 5.41 Å². The Labute approximate surface area is 222 Å². The van der Waals surface area contributed by atoms with E-state index in [0.717, 1.165) is 78.7 Å². The number of fused-ring (bicyclic) bond motifs is 2. The molecular weight excluding hydrogens is 482 g/mol. The lowest BCUT2D eigenvalue weighted by Gasteiger charge is -2.39. The maximum Gasteiger partial charge on any atom is 0.228 e. The molecule has 10 heteroatoms. The Balaban J connectivity index is 1.42. The highest BCUT2D eigenvalue weighted by Crippen LogP contribution is 2.35. The van der Waals surface area contributed by atoms with E-state index < -0.39 is 5.41 Å². The number of rotatable bonds is 8. The third kappa shape index (κ3) is 4.54. The summed E-state index contributed by atoms with van der Waals surface area (Å²) < 4.78 is 10.4. The third-order valence-corrected chi connectivity index (χ3v) is 8.30. The fourth-order valence-electron chi connectivity index (χ4n) is 5.67. The number of imidazole rings is 2. The zero-order valence-corrected chi connectivity index (χ0v) is 22.1. The summed E-state index contributed by atoms with van der Waals surface area (Å²) in [6, 6.07) is 6.32. The van der Waals surface area contributed by atoms with Crippen LogP contribution in [0.1, 0.15) is 58.1 Å². The van der Waals surface area contributed by atoms with Crippen LogP contribution in [0.15, 0.2) is 30.9 Å². The van der Waals surface area contributed by atoms with E-state index in [9.17, 15) is 10.2 Å². The minimum Gasteiger partial charge on any atom is -0.396 e. The molecule has 1 unspecified atom stereocenters. The molecule has 0 radical (unpaired) electrons. The van der Waals surface area contributed by atoms with Crippen molar-refractivity contribution in [2.75, 3.05) is 37.8 Å². The van der Waals surface area contributed by atoms with Crippen molar-refractivity contribution in [1.82, 2.24) is 29.1 Å². The molecule has 1 aromatic carbocycles. The topological polar surface area (TPSA) is 114 Å².